The second kappa shape index (κ2) is 5.66. The number of likely N-dealkylation sites (tertiary alicyclic amines) is 1. The van der Waals surface area contributed by atoms with Crippen molar-refractivity contribution in [1.82, 2.24) is 19.8 Å². The largest absolute Gasteiger partial charge is 0.373 e. The molecule has 0 unspecified atom stereocenters. The van der Waals surface area contributed by atoms with Gasteiger partial charge in [-0.1, -0.05) is 6.42 Å². The van der Waals surface area contributed by atoms with Crippen molar-refractivity contribution in [2.24, 2.45) is 0 Å². The predicted molar refractivity (Wildman–Crippen MR) is 80.8 cm³/mol. The number of piperidine rings is 1. The number of hydrogen-bond acceptors (Lipinski definition) is 5. The van der Waals surface area contributed by atoms with Gasteiger partial charge in [0, 0.05) is 25.7 Å². The Hall–Kier alpha value is -1.20. The van der Waals surface area contributed by atoms with Crippen LogP contribution in [0.15, 0.2) is 0 Å². The lowest BCUT2D eigenvalue weighted by molar-refractivity contribution is 0.178. The summed E-state index contributed by atoms with van der Waals surface area (Å²) in [5.74, 6) is 2.04. The number of hydrogen-bond donors (Lipinski definition) is 1. The van der Waals surface area contributed by atoms with E-state index in [9.17, 15) is 0 Å². The van der Waals surface area contributed by atoms with Crippen LogP contribution in [-0.4, -0.2) is 54.0 Å². The van der Waals surface area contributed by atoms with E-state index in [1.807, 2.05) is 7.05 Å². The predicted octanol–water partition coefficient (Wildman–Crippen LogP) is 1.66. The standard InChI is InChI=1S/C15H25N5/c1-16-14-11-7-9-19(2)10-12(11)17-15(18-14)13-6-4-5-8-20(13)3/h13H,4-10H2,1-3H3,(H,16,17,18)/t13-/m1/s1. The molecule has 5 nitrogen and oxygen atoms in total. The molecule has 5 heteroatoms. The van der Waals surface area contributed by atoms with Crippen LogP contribution in [0, 0.1) is 0 Å². The van der Waals surface area contributed by atoms with Crippen LogP contribution in [0.2, 0.25) is 0 Å². The number of fused-ring (bicyclic) bond motifs is 1. The zero-order valence-corrected chi connectivity index (χ0v) is 12.8. The molecular weight excluding hydrogens is 250 g/mol. The van der Waals surface area contributed by atoms with E-state index in [2.05, 4.69) is 29.2 Å². The molecule has 1 saturated heterocycles. The highest BCUT2D eigenvalue weighted by Crippen LogP contribution is 2.30. The first-order chi connectivity index (χ1) is 9.69. The van der Waals surface area contributed by atoms with Gasteiger partial charge in [-0.3, -0.25) is 4.90 Å². The third kappa shape index (κ3) is 2.52. The summed E-state index contributed by atoms with van der Waals surface area (Å²) in [6.45, 7) is 3.18. The first-order valence-corrected chi connectivity index (χ1v) is 7.65. The van der Waals surface area contributed by atoms with E-state index in [0.29, 0.717) is 6.04 Å². The van der Waals surface area contributed by atoms with Gasteiger partial charge in [0.2, 0.25) is 0 Å². The monoisotopic (exact) mass is 275 g/mol. The van der Waals surface area contributed by atoms with Gasteiger partial charge < -0.3 is 10.2 Å². The van der Waals surface area contributed by atoms with Gasteiger partial charge in [-0.15, -0.1) is 0 Å². The summed E-state index contributed by atoms with van der Waals surface area (Å²) in [7, 11) is 6.32. The number of nitrogens with one attached hydrogen (secondary N) is 1. The maximum absolute atomic E-state index is 4.91. The molecule has 110 valence electrons. The molecule has 20 heavy (non-hydrogen) atoms. The topological polar surface area (TPSA) is 44.3 Å². The van der Waals surface area contributed by atoms with Gasteiger partial charge in [0.25, 0.3) is 0 Å². The lowest BCUT2D eigenvalue weighted by Gasteiger charge is -2.33. The van der Waals surface area contributed by atoms with Crippen molar-refractivity contribution in [2.75, 3.05) is 39.5 Å². The fourth-order valence-electron chi connectivity index (χ4n) is 3.34. The Kier molecular flexibility index (Phi) is 3.89. The Morgan fingerprint density at radius 3 is 2.75 bits per heavy atom. The normalized spacial score (nSPS) is 24.4. The molecule has 0 amide bonds. The summed E-state index contributed by atoms with van der Waals surface area (Å²) in [6, 6.07) is 0.383. The molecule has 0 aromatic carbocycles. The Balaban J connectivity index is 1.97. The summed E-state index contributed by atoms with van der Waals surface area (Å²) in [5, 5.41) is 3.28. The molecule has 1 fully saturated rings. The fourth-order valence-corrected chi connectivity index (χ4v) is 3.34. The average molecular weight is 275 g/mol. The van der Waals surface area contributed by atoms with E-state index in [0.717, 1.165) is 37.7 Å². The summed E-state index contributed by atoms with van der Waals surface area (Å²) < 4.78 is 0. The van der Waals surface area contributed by atoms with Gasteiger partial charge >= 0.3 is 0 Å². The minimum Gasteiger partial charge on any atom is -0.373 e. The van der Waals surface area contributed by atoms with E-state index in [4.69, 9.17) is 9.97 Å². The van der Waals surface area contributed by atoms with Crippen LogP contribution >= 0.6 is 0 Å². The van der Waals surface area contributed by atoms with Gasteiger partial charge in [-0.05, 0) is 39.9 Å². The zero-order valence-electron chi connectivity index (χ0n) is 12.8. The smallest absolute Gasteiger partial charge is 0.148 e. The first-order valence-electron chi connectivity index (χ1n) is 7.65. The van der Waals surface area contributed by atoms with Gasteiger partial charge in [0.1, 0.15) is 11.6 Å². The molecule has 2 aliphatic rings. The van der Waals surface area contributed by atoms with E-state index >= 15 is 0 Å². The van der Waals surface area contributed by atoms with Gasteiger partial charge in [-0.2, -0.15) is 0 Å². The molecule has 0 spiro atoms. The highest BCUT2D eigenvalue weighted by molar-refractivity contribution is 5.47. The quantitative estimate of drug-likeness (QED) is 0.889. The average Bonchev–Trinajstić information content (AvgIpc) is 2.46. The number of likely N-dealkylation sites (N-methyl/N-ethyl adjacent to an activating group) is 1. The molecule has 3 heterocycles. The van der Waals surface area contributed by atoms with Crippen molar-refractivity contribution in [3.63, 3.8) is 0 Å². The number of anilines is 1. The van der Waals surface area contributed by atoms with Crippen LogP contribution in [0.3, 0.4) is 0 Å². The molecule has 1 aromatic rings. The Morgan fingerprint density at radius 2 is 2.00 bits per heavy atom. The van der Waals surface area contributed by atoms with Crippen LogP contribution in [0.25, 0.3) is 0 Å². The van der Waals surface area contributed by atoms with E-state index in [-0.39, 0.29) is 0 Å². The Labute approximate surface area is 121 Å². The molecule has 0 radical (unpaired) electrons. The fraction of sp³-hybridized carbons (Fsp3) is 0.733. The molecule has 0 bridgehead atoms. The van der Waals surface area contributed by atoms with E-state index in [1.165, 1.54) is 30.5 Å². The van der Waals surface area contributed by atoms with Crippen molar-refractivity contribution in [3.05, 3.63) is 17.1 Å². The first kappa shape index (κ1) is 13.8. The third-order valence-corrected chi connectivity index (χ3v) is 4.58. The summed E-state index contributed by atoms with van der Waals surface area (Å²) in [5.41, 5.74) is 2.53. The number of rotatable bonds is 2. The Morgan fingerprint density at radius 1 is 1.15 bits per heavy atom. The van der Waals surface area contributed by atoms with Crippen molar-refractivity contribution >= 4 is 5.82 Å². The molecule has 0 saturated carbocycles. The molecule has 0 aliphatic carbocycles. The van der Waals surface area contributed by atoms with Gasteiger partial charge in [0.15, 0.2) is 0 Å². The maximum atomic E-state index is 4.91. The van der Waals surface area contributed by atoms with Crippen molar-refractivity contribution in [1.29, 1.82) is 0 Å². The lowest BCUT2D eigenvalue weighted by atomic mass is 10.0. The zero-order chi connectivity index (χ0) is 14.1. The second-order valence-electron chi connectivity index (χ2n) is 6.09. The maximum Gasteiger partial charge on any atom is 0.148 e. The minimum atomic E-state index is 0.383. The van der Waals surface area contributed by atoms with Crippen molar-refractivity contribution in [2.45, 2.75) is 38.3 Å². The second-order valence-corrected chi connectivity index (χ2v) is 6.09. The van der Waals surface area contributed by atoms with Gasteiger partial charge in [-0.25, -0.2) is 9.97 Å². The lowest BCUT2D eigenvalue weighted by Crippen LogP contribution is -2.33. The highest BCUT2D eigenvalue weighted by atomic mass is 15.2. The molecule has 1 N–H and O–H groups in total. The van der Waals surface area contributed by atoms with E-state index < -0.39 is 0 Å². The van der Waals surface area contributed by atoms with Crippen LogP contribution in [0.5, 0.6) is 0 Å². The summed E-state index contributed by atoms with van der Waals surface area (Å²) in [6.07, 6.45) is 4.79. The van der Waals surface area contributed by atoms with Crippen LogP contribution < -0.4 is 5.32 Å². The Bertz CT molecular complexity index is 487. The van der Waals surface area contributed by atoms with Gasteiger partial charge in [0.05, 0.1) is 11.7 Å². The third-order valence-electron chi connectivity index (χ3n) is 4.58. The highest BCUT2D eigenvalue weighted by Gasteiger charge is 2.27. The summed E-state index contributed by atoms with van der Waals surface area (Å²) >= 11 is 0. The van der Waals surface area contributed by atoms with Crippen LogP contribution in [0.4, 0.5) is 5.82 Å². The van der Waals surface area contributed by atoms with Crippen molar-refractivity contribution < 1.29 is 0 Å². The molecular formula is C15H25N5. The molecule has 1 atom stereocenters. The van der Waals surface area contributed by atoms with Crippen LogP contribution in [0.1, 0.15) is 42.4 Å². The van der Waals surface area contributed by atoms with E-state index in [1.54, 1.807) is 0 Å². The molecule has 2 aliphatic heterocycles. The summed E-state index contributed by atoms with van der Waals surface area (Å²) in [4.78, 5) is 14.5. The number of aromatic nitrogens is 2. The molecule has 1 aromatic heterocycles. The van der Waals surface area contributed by atoms with Crippen LogP contribution in [-0.2, 0) is 13.0 Å². The van der Waals surface area contributed by atoms with Crippen molar-refractivity contribution in [3.8, 4) is 0 Å². The molecule has 3 rings (SSSR count). The number of nitrogens with zero attached hydrogens (tertiary/aromatic N) is 4. The minimum absolute atomic E-state index is 0.383. The SMILES string of the molecule is CNc1nc([C@H]2CCCCN2C)nc2c1CCN(C)C2.